The Morgan fingerprint density at radius 2 is 2.29 bits per heavy atom. The summed E-state index contributed by atoms with van der Waals surface area (Å²) in [4.78, 5) is 12.0. The van der Waals surface area contributed by atoms with Crippen LogP contribution in [0.4, 0.5) is 11.4 Å². The number of nitrogens with zero attached hydrogens (tertiary/aromatic N) is 2. The van der Waals surface area contributed by atoms with Crippen LogP contribution in [-0.4, -0.2) is 22.4 Å². The second-order valence-corrected chi connectivity index (χ2v) is 4.85. The van der Waals surface area contributed by atoms with E-state index in [1.54, 1.807) is 29.9 Å². The van der Waals surface area contributed by atoms with E-state index in [0.717, 1.165) is 5.69 Å². The summed E-state index contributed by atoms with van der Waals surface area (Å²) >= 11 is 6.19. The zero-order chi connectivity index (χ0) is 15.4. The molecule has 6 nitrogen and oxygen atoms in total. The molecule has 7 heteroatoms. The minimum absolute atomic E-state index is 0.284. The SMILES string of the molecule is CCOC(=O)c1cc(N)cc(Cl)c1NCc1ccnn1C. The van der Waals surface area contributed by atoms with Crippen molar-refractivity contribution in [2.75, 3.05) is 17.7 Å². The predicted octanol–water partition coefficient (Wildman–Crippen LogP) is 2.44. The maximum atomic E-state index is 12.0. The Kier molecular flexibility index (Phi) is 4.70. The highest BCUT2D eigenvalue weighted by Gasteiger charge is 2.17. The smallest absolute Gasteiger partial charge is 0.340 e. The van der Waals surface area contributed by atoms with Crippen molar-refractivity contribution in [2.24, 2.45) is 7.05 Å². The third-order valence-electron chi connectivity index (χ3n) is 2.98. The van der Waals surface area contributed by atoms with Crippen molar-refractivity contribution in [1.29, 1.82) is 0 Å². The minimum atomic E-state index is -0.459. The van der Waals surface area contributed by atoms with E-state index in [1.807, 2.05) is 13.1 Å². The number of carbonyl (C=O) groups excluding carboxylic acids is 1. The highest BCUT2D eigenvalue weighted by atomic mass is 35.5. The molecule has 0 aliphatic rings. The Morgan fingerprint density at radius 1 is 1.52 bits per heavy atom. The molecule has 3 N–H and O–H groups in total. The van der Waals surface area contributed by atoms with Crippen molar-refractivity contribution in [1.82, 2.24) is 9.78 Å². The second kappa shape index (κ2) is 6.49. The number of halogens is 1. The lowest BCUT2D eigenvalue weighted by atomic mass is 10.1. The maximum Gasteiger partial charge on any atom is 0.340 e. The minimum Gasteiger partial charge on any atom is -0.462 e. The van der Waals surface area contributed by atoms with E-state index in [4.69, 9.17) is 22.1 Å². The summed E-state index contributed by atoms with van der Waals surface area (Å²) in [5.41, 5.74) is 7.94. The first-order valence-corrected chi connectivity index (χ1v) is 6.87. The van der Waals surface area contributed by atoms with Gasteiger partial charge in [-0.3, -0.25) is 4.68 Å². The van der Waals surface area contributed by atoms with Crippen LogP contribution in [-0.2, 0) is 18.3 Å². The number of nitrogens with one attached hydrogen (secondary N) is 1. The molecule has 0 atom stereocenters. The summed E-state index contributed by atoms with van der Waals surface area (Å²) in [6.45, 7) is 2.51. The van der Waals surface area contributed by atoms with Gasteiger partial charge in [0.25, 0.3) is 0 Å². The van der Waals surface area contributed by atoms with Crippen LogP contribution in [0, 0.1) is 0 Å². The van der Waals surface area contributed by atoms with Gasteiger partial charge in [-0.15, -0.1) is 0 Å². The number of anilines is 2. The van der Waals surface area contributed by atoms with Gasteiger partial charge in [0, 0.05) is 18.9 Å². The average molecular weight is 309 g/mol. The average Bonchev–Trinajstić information content (AvgIpc) is 2.83. The Balaban J connectivity index is 2.28. The van der Waals surface area contributed by atoms with Crippen molar-refractivity contribution in [3.63, 3.8) is 0 Å². The molecule has 1 aromatic carbocycles. The van der Waals surface area contributed by atoms with Gasteiger partial charge in [-0.2, -0.15) is 5.10 Å². The molecule has 0 radical (unpaired) electrons. The van der Waals surface area contributed by atoms with E-state index in [-0.39, 0.29) is 6.61 Å². The van der Waals surface area contributed by atoms with Gasteiger partial charge in [-0.05, 0) is 25.1 Å². The number of hydrogen-bond donors (Lipinski definition) is 2. The van der Waals surface area contributed by atoms with Gasteiger partial charge in [0.15, 0.2) is 0 Å². The van der Waals surface area contributed by atoms with E-state index in [9.17, 15) is 4.79 Å². The van der Waals surface area contributed by atoms with Crippen molar-refractivity contribution < 1.29 is 9.53 Å². The summed E-state index contributed by atoms with van der Waals surface area (Å²) < 4.78 is 6.77. The molecule has 1 aromatic heterocycles. The molecule has 1 heterocycles. The molecular weight excluding hydrogens is 292 g/mol. The first kappa shape index (κ1) is 15.2. The predicted molar refractivity (Wildman–Crippen MR) is 82.4 cm³/mol. The Bertz CT molecular complexity index is 654. The van der Waals surface area contributed by atoms with Gasteiger partial charge in [0.2, 0.25) is 0 Å². The van der Waals surface area contributed by atoms with Gasteiger partial charge >= 0.3 is 5.97 Å². The van der Waals surface area contributed by atoms with Crippen LogP contribution in [0.15, 0.2) is 24.4 Å². The van der Waals surface area contributed by atoms with Crippen LogP contribution in [0.3, 0.4) is 0 Å². The summed E-state index contributed by atoms with van der Waals surface area (Å²) in [5.74, 6) is -0.459. The molecule has 0 amide bonds. The van der Waals surface area contributed by atoms with Crippen LogP contribution in [0.2, 0.25) is 5.02 Å². The number of rotatable bonds is 5. The number of nitrogens with two attached hydrogens (primary N) is 1. The first-order chi connectivity index (χ1) is 10.0. The van der Waals surface area contributed by atoms with Crippen molar-refractivity contribution in [3.8, 4) is 0 Å². The van der Waals surface area contributed by atoms with E-state index < -0.39 is 5.97 Å². The molecule has 0 bridgehead atoms. The van der Waals surface area contributed by atoms with Crippen molar-refractivity contribution >= 4 is 28.9 Å². The normalized spacial score (nSPS) is 10.4. The van der Waals surface area contributed by atoms with Crippen LogP contribution in [0.5, 0.6) is 0 Å². The van der Waals surface area contributed by atoms with E-state index >= 15 is 0 Å². The monoisotopic (exact) mass is 308 g/mol. The highest BCUT2D eigenvalue weighted by molar-refractivity contribution is 6.34. The number of aryl methyl sites for hydroxylation is 1. The van der Waals surface area contributed by atoms with Gasteiger partial charge in [0.1, 0.15) is 0 Å². The number of ether oxygens (including phenoxy) is 1. The lowest BCUT2D eigenvalue weighted by Gasteiger charge is -2.14. The number of esters is 1. The van der Waals surface area contributed by atoms with Crippen LogP contribution >= 0.6 is 11.6 Å². The quantitative estimate of drug-likeness (QED) is 0.655. The van der Waals surface area contributed by atoms with E-state index in [1.165, 1.54) is 0 Å². The Labute approximate surface area is 127 Å². The molecule has 0 spiro atoms. The first-order valence-electron chi connectivity index (χ1n) is 6.49. The van der Waals surface area contributed by atoms with E-state index in [2.05, 4.69) is 10.4 Å². The maximum absolute atomic E-state index is 12.0. The zero-order valence-corrected chi connectivity index (χ0v) is 12.6. The molecule has 0 saturated carbocycles. The van der Waals surface area contributed by atoms with Gasteiger partial charge < -0.3 is 15.8 Å². The molecule has 0 aliphatic carbocycles. The van der Waals surface area contributed by atoms with Crippen molar-refractivity contribution in [2.45, 2.75) is 13.5 Å². The lowest BCUT2D eigenvalue weighted by molar-refractivity contribution is 0.0527. The molecule has 21 heavy (non-hydrogen) atoms. The molecule has 2 rings (SSSR count). The molecule has 0 fully saturated rings. The molecule has 112 valence electrons. The number of aromatic nitrogens is 2. The summed E-state index contributed by atoms with van der Waals surface area (Å²) in [7, 11) is 1.84. The van der Waals surface area contributed by atoms with Gasteiger partial charge in [-0.25, -0.2) is 4.79 Å². The summed E-state index contributed by atoms with van der Waals surface area (Å²) in [5, 5.41) is 7.60. The lowest BCUT2D eigenvalue weighted by Crippen LogP contribution is -2.12. The second-order valence-electron chi connectivity index (χ2n) is 4.45. The fourth-order valence-electron chi connectivity index (χ4n) is 1.93. The Hall–Kier alpha value is -2.21. The van der Waals surface area contributed by atoms with Crippen LogP contribution in [0.25, 0.3) is 0 Å². The molecule has 0 aliphatic heterocycles. The van der Waals surface area contributed by atoms with Gasteiger partial charge in [-0.1, -0.05) is 11.6 Å². The summed E-state index contributed by atoms with van der Waals surface area (Å²) in [6.07, 6.45) is 1.70. The van der Waals surface area contributed by atoms with Crippen LogP contribution < -0.4 is 11.1 Å². The summed E-state index contributed by atoms with van der Waals surface area (Å²) in [6, 6.07) is 5.02. The molecule has 2 aromatic rings. The van der Waals surface area contributed by atoms with Crippen molar-refractivity contribution in [3.05, 3.63) is 40.7 Å². The fourth-order valence-corrected chi connectivity index (χ4v) is 2.23. The topological polar surface area (TPSA) is 82.2 Å². The standard InChI is InChI=1S/C14H17ClN4O2/c1-3-21-14(20)11-6-9(16)7-12(15)13(11)17-8-10-4-5-18-19(10)2/h4-7,17H,3,8,16H2,1-2H3. The van der Waals surface area contributed by atoms with Gasteiger partial charge in [0.05, 0.1) is 35.1 Å². The zero-order valence-electron chi connectivity index (χ0n) is 11.9. The molecular formula is C14H17ClN4O2. The number of carbonyl (C=O) groups is 1. The highest BCUT2D eigenvalue weighted by Crippen LogP contribution is 2.30. The largest absolute Gasteiger partial charge is 0.462 e. The fraction of sp³-hybridized carbons (Fsp3) is 0.286. The third kappa shape index (κ3) is 3.46. The number of hydrogen-bond acceptors (Lipinski definition) is 5. The van der Waals surface area contributed by atoms with E-state index in [0.29, 0.717) is 28.5 Å². The Morgan fingerprint density at radius 3 is 2.90 bits per heavy atom. The number of benzene rings is 1. The number of nitrogen functional groups attached to an aromatic ring is 1. The third-order valence-corrected chi connectivity index (χ3v) is 3.27. The van der Waals surface area contributed by atoms with Crippen LogP contribution in [0.1, 0.15) is 23.0 Å². The molecule has 0 unspecified atom stereocenters. The molecule has 0 saturated heterocycles.